The Labute approximate surface area is 128 Å². The number of nitrogens with zero attached hydrogens (tertiary/aromatic N) is 2. The highest BCUT2D eigenvalue weighted by Crippen LogP contribution is 2.14. The molecule has 0 radical (unpaired) electrons. The molecular formula is C17H28N2O2. The first-order valence-corrected chi connectivity index (χ1v) is 7.49. The van der Waals surface area contributed by atoms with E-state index in [1.807, 2.05) is 21.0 Å². The lowest BCUT2D eigenvalue weighted by Gasteiger charge is -2.28. The van der Waals surface area contributed by atoms with Gasteiger partial charge in [0, 0.05) is 39.3 Å². The van der Waals surface area contributed by atoms with Crippen molar-refractivity contribution in [3.8, 4) is 0 Å². The molecule has 0 aliphatic rings. The third-order valence-corrected chi connectivity index (χ3v) is 3.39. The average molecular weight is 292 g/mol. The van der Waals surface area contributed by atoms with Crippen molar-refractivity contribution in [3.05, 3.63) is 29.8 Å². The summed E-state index contributed by atoms with van der Waals surface area (Å²) in [6, 6.07) is 8.26. The van der Waals surface area contributed by atoms with Crippen LogP contribution < -0.4 is 4.90 Å². The second-order valence-corrected chi connectivity index (χ2v) is 6.28. The molecule has 1 aromatic carbocycles. The molecule has 0 unspecified atom stereocenters. The molecule has 4 heteroatoms. The number of carbonyl (C=O) groups is 1. The van der Waals surface area contributed by atoms with Crippen LogP contribution in [-0.2, 0) is 11.2 Å². The van der Waals surface area contributed by atoms with Gasteiger partial charge in [-0.2, -0.15) is 0 Å². The number of aliphatic hydroxyl groups is 1. The van der Waals surface area contributed by atoms with Gasteiger partial charge >= 0.3 is 0 Å². The summed E-state index contributed by atoms with van der Waals surface area (Å²) in [5.74, 6) is 0.0938. The molecule has 0 saturated heterocycles. The Kier molecular flexibility index (Phi) is 6.21. The molecule has 0 heterocycles. The average Bonchev–Trinajstić information content (AvgIpc) is 2.41. The Bertz CT molecular complexity index is 447. The van der Waals surface area contributed by atoms with E-state index in [1.54, 1.807) is 18.7 Å². The maximum atomic E-state index is 12.2. The van der Waals surface area contributed by atoms with Crippen LogP contribution in [0.25, 0.3) is 0 Å². The van der Waals surface area contributed by atoms with E-state index < -0.39 is 5.60 Å². The molecule has 1 amide bonds. The van der Waals surface area contributed by atoms with Crippen LogP contribution in [0.15, 0.2) is 24.3 Å². The number of anilines is 1. The largest absolute Gasteiger partial charge is 0.389 e. The topological polar surface area (TPSA) is 43.8 Å². The lowest BCUT2D eigenvalue weighted by Crippen LogP contribution is -2.42. The summed E-state index contributed by atoms with van der Waals surface area (Å²) in [5.41, 5.74) is 1.47. The van der Waals surface area contributed by atoms with E-state index in [4.69, 9.17) is 0 Å². The van der Waals surface area contributed by atoms with Gasteiger partial charge in [-0.25, -0.2) is 0 Å². The molecule has 0 aromatic heterocycles. The van der Waals surface area contributed by atoms with Crippen LogP contribution in [0.4, 0.5) is 5.69 Å². The molecule has 0 aliphatic heterocycles. The SMILES string of the molecule is CCN(CC(C)(C)O)C(=O)CCc1ccc(N(C)C)cc1. The van der Waals surface area contributed by atoms with Crippen LogP contribution in [0.1, 0.15) is 32.8 Å². The summed E-state index contributed by atoms with van der Waals surface area (Å²) in [6.45, 7) is 6.39. The summed E-state index contributed by atoms with van der Waals surface area (Å²) in [5, 5.41) is 9.84. The van der Waals surface area contributed by atoms with E-state index in [0.29, 0.717) is 19.5 Å². The molecule has 0 spiro atoms. The first-order chi connectivity index (χ1) is 9.73. The van der Waals surface area contributed by atoms with Gasteiger partial charge < -0.3 is 14.9 Å². The number of amides is 1. The van der Waals surface area contributed by atoms with E-state index in [2.05, 4.69) is 29.2 Å². The predicted molar refractivity (Wildman–Crippen MR) is 87.6 cm³/mol. The van der Waals surface area contributed by atoms with Gasteiger partial charge in [0.25, 0.3) is 0 Å². The van der Waals surface area contributed by atoms with Crippen LogP contribution in [0.2, 0.25) is 0 Å². The standard InChI is InChI=1S/C17H28N2O2/c1-6-19(13-17(2,3)21)16(20)12-9-14-7-10-15(11-8-14)18(4)5/h7-8,10-11,21H,6,9,12-13H2,1-5H3. The van der Waals surface area contributed by atoms with Crippen molar-refractivity contribution < 1.29 is 9.90 Å². The number of hydrogen-bond acceptors (Lipinski definition) is 3. The van der Waals surface area contributed by atoms with Crippen LogP contribution in [0, 0.1) is 0 Å². The van der Waals surface area contributed by atoms with Crippen LogP contribution in [0.3, 0.4) is 0 Å². The molecule has 0 aliphatic carbocycles. The molecule has 0 bridgehead atoms. The van der Waals surface area contributed by atoms with Crippen molar-refractivity contribution in [1.82, 2.24) is 4.90 Å². The van der Waals surface area contributed by atoms with Crippen molar-refractivity contribution in [2.75, 3.05) is 32.1 Å². The molecule has 0 fully saturated rings. The molecule has 0 atom stereocenters. The number of hydrogen-bond donors (Lipinski definition) is 1. The van der Waals surface area contributed by atoms with E-state index in [1.165, 1.54) is 0 Å². The zero-order valence-corrected chi connectivity index (χ0v) is 13.9. The van der Waals surface area contributed by atoms with Gasteiger partial charge in [0.15, 0.2) is 0 Å². The summed E-state index contributed by atoms with van der Waals surface area (Å²) >= 11 is 0. The third kappa shape index (κ3) is 6.17. The zero-order chi connectivity index (χ0) is 16.0. The lowest BCUT2D eigenvalue weighted by molar-refractivity contribution is -0.133. The molecule has 21 heavy (non-hydrogen) atoms. The summed E-state index contributed by atoms with van der Waals surface area (Å²) in [7, 11) is 4.02. The van der Waals surface area contributed by atoms with E-state index in [-0.39, 0.29) is 5.91 Å². The minimum absolute atomic E-state index is 0.0938. The van der Waals surface area contributed by atoms with Crippen molar-refractivity contribution in [3.63, 3.8) is 0 Å². The van der Waals surface area contributed by atoms with Gasteiger partial charge in [-0.05, 0) is 44.9 Å². The van der Waals surface area contributed by atoms with Crippen LogP contribution in [0.5, 0.6) is 0 Å². The fourth-order valence-electron chi connectivity index (χ4n) is 2.21. The quantitative estimate of drug-likeness (QED) is 0.838. The van der Waals surface area contributed by atoms with Crippen molar-refractivity contribution in [2.24, 2.45) is 0 Å². The molecular weight excluding hydrogens is 264 g/mol. The van der Waals surface area contributed by atoms with Crippen LogP contribution >= 0.6 is 0 Å². The molecule has 118 valence electrons. The van der Waals surface area contributed by atoms with E-state index in [0.717, 1.165) is 17.7 Å². The normalized spacial score (nSPS) is 11.3. The summed E-state index contributed by atoms with van der Waals surface area (Å²) in [4.78, 5) is 16.0. The Balaban J connectivity index is 2.55. The third-order valence-electron chi connectivity index (χ3n) is 3.39. The van der Waals surface area contributed by atoms with Gasteiger partial charge in [-0.3, -0.25) is 4.79 Å². The summed E-state index contributed by atoms with van der Waals surface area (Å²) in [6.07, 6.45) is 1.21. The number of benzene rings is 1. The first-order valence-electron chi connectivity index (χ1n) is 7.49. The smallest absolute Gasteiger partial charge is 0.222 e. The van der Waals surface area contributed by atoms with Crippen molar-refractivity contribution >= 4 is 11.6 Å². The molecule has 4 nitrogen and oxygen atoms in total. The fourth-order valence-corrected chi connectivity index (χ4v) is 2.21. The Morgan fingerprint density at radius 1 is 1.19 bits per heavy atom. The highest BCUT2D eigenvalue weighted by molar-refractivity contribution is 5.76. The minimum atomic E-state index is -0.848. The monoisotopic (exact) mass is 292 g/mol. The van der Waals surface area contributed by atoms with Gasteiger partial charge in [-0.15, -0.1) is 0 Å². The second-order valence-electron chi connectivity index (χ2n) is 6.28. The molecule has 1 N–H and O–H groups in total. The maximum absolute atomic E-state index is 12.2. The van der Waals surface area contributed by atoms with Gasteiger partial charge in [0.1, 0.15) is 0 Å². The molecule has 1 aromatic rings. The number of rotatable bonds is 7. The number of likely N-dealkylation sites (N-methyl/N-ethyl adjacent to an activating group) is 1. The van der Waals surface area contributed by atoms with E-state index in [9.17, 15) is 9.90 Å². The Morgan fingerprint density at radius 3 is 2.19 bits per heavy atom. The highest BCUT2D eigenvalue weighted by Gasteiger charge is 2.20. The maximum Gasteiger partial charge on any atom is 0.222 e. The predicted octanol–water partition coefficient (Wildman–Crippen LogP) is 2.30. The van der Waals surface area contributed by atoms with Crippen molar-refractivity contribution in [2.45, 2.75) is 39.2 Å². The Hall–Kier alpha value is -1.55. The number of aryl methyl sites for hydroxylation is 1. The highest BCUT2D eigenvalue weighted by atomic mass is 16.3. The lowest BCUT2D eigenvalue weighted by atomic mass is 10.1. The molecule has 0 saturated carbocycles. The fraction of sp³-hybridized carbons (Fsp3) is 0.588. The van der Waals surface area contributed by atoms with Gasteiger partial charge in [0.05, 0.1) is 5.60 Å². The second kappa shape index (κ2) is 7.46. The van der Waals surface area contributed by atoms with Crippen molar-refractivity contribution in [1.29, 1.82) is 0 Å². The molecule has 1 rings (SSSR count). The number of carbonyl (C=O) groups excluding carboxylic acids is 1. The van der Waals surface area contributed by atoms with E-state index >= 15 is 0 Å². The van der Waals surface area contributed by atoms with Gasteiger partial charge in [-0.1, -0.05) is 12.1 Å². The minimum Gasteiger partial charge on any atom is -0.389 e. The Morgan fingerprint density at radius 2 is 1.76 bits per heavy atom. The van der Waals surface area contributed by atoms with Crippen LogP contribution in [-0.4, -0.2) is 48.7 Å². The zero-order valence-electron chi connectivity index (χ0n) is 13.9. The summed E-state index contributed by atoms with van der Waals surface area (Å²) < 4.78 is 0. The van der Waals surface area contributed by atoms with Gasteiger partial charge in [0.2, 0.25) is 5.91 Å². The first kappa shape index (κ1) is 17.5.